The summed E-state index contributed by atoms with van der Waals surface area (Å²) in [4.78, 5) is 0. The number of ether oxygens (including phenoxy) is 1. The molecule has 3 fully saturated rings. The molecule has 3 aliphatic rings. The zero-order valence-electron chi connectivity index (χ0n) is 10.0. The Hall–Kier alpha value is -0.0800. The number of rotatable bonds is 2. The first-order chi connectivity index (χ1) is 6.89. The van der Waals surface area contributed by atoms with Crippen LogP contribution in [0.4, 0.5) is 0 Å². The summed E-state index contributed by atoms with van der Waals surface area (Å²) < 4.78 is 5.30. The van der Waals surface area contributed by atoms with Gasteiger partial charge in [0, 0.05) is 11.8 Å². The van der Waals surface area contributed by atoms with Gasteiger partial charge in [0.05, 0.1) is 18.3 Å². The molecule has 0 aromatic heterocycles. The van der Waals surface area contributed by atoms with Crippen molar-refractivity contribution in [2.45, 2.75) is 58.2 Å². The summed E-state index contributed by atoms with van der Waals surface area (Å²) in [5.74, 6) is 0.714. The first-order valence-electron chi connectivity index (χ1n) is 6.23. The van der Waals surface area contributed by atoms with Gasteiger partial charge in [-0.05, 0) is 30.6 Å². The summed E-state index contributed by atoms with van der Waals surface area (Å²) >= 11 is 0. The van der Waals surface area contributed by atoms with E-state index in [4.69, 9.17) is 4.74 Å². The second-order valence-corrected chi connectivity index (χ2v) is 6.68. The number of aliphatic hydroxyl groups is 1. The van der Waals surface area contributed by atoms with Gasteiger partial charge in [0.15, 0.2) is 0 Å². The third-order valence-electron chi connectivity index (χ3n) is 6.01. The van der Waals surface area contributed by atoms with Crippen LogP contribution >= 0.6 is 0 Å². The van der Waals surface area contributed by atoms with Gasteiger partial charge in [0.25, 0.3) is 0 Å². The minimum Gasteiger partial charge on any atom is -0.389 e. The highest BCUT2D eigenvalue weighted by Gasteiger charge is 2.68. The quantitative estimate of drug-likeness (QED) is 0.710. The fourth-order valence-electron chi connectivity index (χ4n) is 4.29. The lowest BCUT2D eigenvalue weighted by Gasteiger charge is -2.45. The fourth-order valence-corrected chi connectivity index (χ4v) is 4.29. The van der Waals surface area contributed by atoms with Crippen LogP contribution in [-0.2, 0) is 4.74 Å². The molecule has 1 heterocycles. The molecule has 4 atom stereocenters. The second-order valence-electron chi connectivity index (χ2n) is 6.68. The van der Waals surface area contributed by atoms with Crippen molar-refractivity contribution in [1.82, 2.24) is 0 Å². The molecule has 1 N–H and O–H groups in total. The second kappa shape index (κ2) is 2.60. The van der Waals surface area contributed by atoms with E-state index in [-0.39, 0.29) is 5.41 Å². The molecule has 0 aromatic carbocycles. The molecule has 1 saturated heterocycles. The van der Waals surface area contributed by atoms with E-state index in [1.165, 1.54) is 12.8 Å². The van der Waals surface area contributed by atoms with Crippen LogP contribution in [0.5, 0.6) is 0 Å². The largest absolute Gasteiger partial charge is 0.389 e. The Bertz CT molecular complexity index is 295. The lowest BCUT2D eigenvalue weighted by Crippen LogP contribution is -2.48. The summed E-state index contributed by atoms with van der Waals surface area (Å²) in [7, 11) is 0. The van der Waals surface area contributed by atoms with Gasteiger partial charge in [-0.3, -0.25) is 0 Å². The van der Waals surface area contributed by atoms with Crippen LogP contribution in [0.1, 0.15) is 46.5 Å². The molecule has 0 amide bonds. The Kier molecular flexibility index (Phi) is 1.75. The number of hydrogen-bond acceptors (Lipinski definition) is 2. The van der Waals surface area contributed by atoms with E-state index >= 15 is 0 Å². The van der Waals surface area contributed by atoms with Crippen LogP contribution in [-0.4, -0.2) is 23.4 Å². The predicted molar refractivity (Wildman–Crippen MR) is 58.5 cm³/mol. The van der Waals surface area contributed by atoms with Gasteiger partial charge in [-0.1, -0.05) is 20.8 Å². The minimum absolute atomic E-state index is 0.108. The van der Waals surface area contributed by atoms with Crippen LogP contribution in [0.25, 0.3) is 0 Å². The number of epoxide rings is 1. The lowest BCUT2D eigenvalue weighted by atomic mass is 9.63. The highest BCUT2D eigenvalue weighted by atomic mass is 16.6. The Balaban J connectivity index is 1.93. The van der Waals surface area contributed by atoms with Crippen molar-refractivity contribution in [3.63, 3.8) is 0 Å². The molecule has 2 heteroatoms. The molecule has 0 radical (unpaired) electrons. The third-order valence-corrected chi connectivity index (χ3v) is 6.01. The lowest BCUT2D eigenvalue weighted by molar-refractivity contribution is -0.0980. The van der Waals surface area contributed by atoms with Crippen LogP contribution in [0.2, 0.25) is 0 Å². The van der Waals surface area contributed by atoms with E-state index in [0.29, 0.717) is 17.4 Å². The molecule has 15 heavy (non-hydrogen) atoms. The average molecular weight is 210 g/mol. The Labute approximate surface area is 92.0 Å². The molecule has 0 aromatic rings. The van der Waals surface area contributed by atoms with Crippen LogP contribution in [0.3, 0.4) is 0 Å². The highest BCUT2D eigenvalue weighted by Crippen LogP contribution is 2.70. The molecule has 2 aliphatic carbocycles. The standard InChI is InChI=1S/C13H22O2/c1-11(2)9-4-5-12(11,3)13(14,6-9)7-10-8-15-10/h9-10,14H,4-8H2,1-3H3/t9-,10+,12-,13+/m1/s1. The van der Waals surface area contributed by atoms with Crippen LogP contribution < -0.4 is 0 Å². The maximum Gasteiger partial charge on any atom is 0.0837 e. The minimum atomic E-state index is -0.458. The van der Waals surface area contributed by atoms with Crippen molar-refractivity contribution < 1.29 is 9.84 Å². The molecule has 0 spiro atoms. The summed E-state index contributed by atoms with van der Waals surface area (Å²) in [5, 5.41) is 10.9. The van der Waals surface area contributed by atoms with Crippen molar-refractivity contribution in [2.24, 2.45) is 16.7 Å². The van der Waals surface area contributed by atoms with Gasteiger partial charge in [-0.2, -0.15) is 0 Å². The molecular weight excluding hydrogens is 188 g/mol. The zero-order chi connectivity index (χ0) is 10.9. The average Bonchev–Trinajstić information content (AvgIpc) is 2.87. The zero-order valence-corrected chi connectivity index (χ0v) is 10.0. The van der Waals surface area contributed by atoms with E-state index in [9.17, 15) is 5.11 Å². The van der Waals surface area contributed by atoms with E-state index in [1.54, 1.807) is 0 Å². The molecule has 2 saturated carbocycles. The van der Waals surface area contributed by atoms with Crippen LogP contribution in [0, 0.1) is 16.7 Å². The summed E-state index contributed by atoms with van der Waals surface area (Å²) in [6.07, 6.45) is 4.70. The summed E-state index contributed by atoms with van der Waals surface area (Å²) in [6, 6.07) is 0. The van der Waals surface area contributed by atoms with Crippen molar-refractivity contribution in [3.8, 4) is 0 Å². The van der Waals surface area contributed by atoms with Crippen molar-refractivity contribution in [3.05, 3.63) is 0 Å². The summed E-state index contributed by atoms with van der Waals surface area (Å²) in [5.41, 5.74) is -0.0478. The fraction of sp³-hybridized carbons (Fsp3) is 1.00. The first kappa shape index (κ1) is 10.1. The van der Waals surface area contributed by atoms with E-state index in [1.807, 2.05) is 0 Å². The predicted octanol–water partition coefficient (Wildman–Crippen LogP) is 2.35. The van der Waals surface area contributed by atoms with Crippen LogP contribution in [0.15, 0.2) is 0 Å². The molecule has 86 valence electrons. The van der Waals surface area contributed by atoms with Gasteiger partial charge < -0.3 is 9.84 Å². The van der Waals surface area contributed by atoms with Gasteiger partial charge in [0.1, 0.15) is 0 Å². The molecule has 2 nitrogen and oxygen atoms in total. The normalized spacial score (nSPS) is 56.0. The first-order valence-corrected chi connectivity index (χ1v) is 6.23. The van der Waals surface area contributed by atoms with Crippen molar-refractivity contribution >= 4 is 0 Å². The van der Waals surface area contributed by atoms with Gasteiger partial charge >= 0.3 is 0 Å². The third kappa shape index (κ3) is 1.07. The SMILES string of the molecule is CC1(C)[C@@H]2CC[C@@]1(C)[C@@](O)(C[C@H]1CO1)C2. The summed E-state index contributed by atoms with van der Waals surface area (Å²) in [6.45, 7) is 7.85. The van der Waals surface area contributed by atoms with Gasteiger partial charge in [-0.25, -0.2) is 0 Å². The number of hydrogen-bond donors (Lipinski definition) is 1. The van der Waals surface area contributed by atoms with E-state index in [0.717, 1.165) is 19.4 Å². The molecule has 2 bridgehead atoms. The Morgan fingerprint density at radius 3 is 2.40 bits per heavy atom. The smallest absolute Gasteiger partial charge is 0.0837 e. The Morgan fingerprint density at radius 2 is 2.00 bits per heavy atom. The van der Waals surface area contributed by atoms with Gasteiger partial charge in [0.2, 0.25) is 0 Å². The van der Waals surface area contributed by atoms with E-state index < -0.39 is 5.60 Å². The topological polar surface area (TPSA) is 32.8 Å². The molecular formula is C13H22O2. The van der Waals surface area contributed by atoms with Crippen molar-refractivity contribution in [2.75, 3.05) is 6.61 Å². The van der Waals surface area contributed by atoms with Gasteiger partial charge in [-0.15, -0.1) is 0 Å². The molecule has 0 unspecified atom stereocenters. The molecule has 1 aliphatic heterocycles. The molecule has 3 rings (SSSR count). The Morgan fingerprint density at radius 1 is 1.33 bits per heavy atom. The highest BCUT2D eigenvalue weighted by molar-refractivity contribution is 5.18. The van der Waals surface area contributed by atoms with E-state index in [2.05, 4.69) is 20.8 Å². The maximum atomic E-state index is 10.9. The monoisotopic (exact) mass is 210 g/mol. The van der Waals surface area contributed by atoms with Crippen molar-refractivity contribution in [1.29, 1.82) is 0 Å². The number of fused-ring (bicyclic) bond motifs is 2. The maximum absolute atomic E-state index is 10.9.